The van der Waals surface area contributed by atoms with E-state index in [1.54, 1.807) is 47.5 Å². The Bertz CT molecular complexity index is 1710. The molecule has 0 saturated heterocycles. The number of carbonyl (C=O) groups is 1. The molecule has 1 amide bonds. The average molecular weight is 583 g/mol. The van der Waals surface area contributed by atoms with Gasteiger partial charge in [0.1, 0.15) is 12.5 Å². The Morgan fingerprint density at radius 2 is 1.95 bits per heavy atom. The molecule has 12 heteroatoms. The Kier molecular flexibility index (Phi) is 8.45. The van der Waals surface area contributed by atoms with E-state index >= 15 is 0 Å². The molecule has 5 rings (SSSR count). The second kappa shape index (κ2) is 12.4. The van der Waals surface area contributed by atoms with Crippen molar-refractivity contribution in [2.45, 2.75) is 32.4 Å². The van der Waals surface area contributed by atoms with E-state index < -0.39 is 8.07 Å². The number of rotatable bonds is 12. The molecule has 0 aliphatic heterocycles. The topological polar surface area (TPSA) is 121 Å². The lowest BCUT2D eigenvalue weighted by Gasteiger charge is -2.16. The van der Waals surface area contributed by atoms with Crippen LogP contribution in [0, 0.1) is 0 Å². The molecule has 2 N–H and O–H groups in total. The number of pyridine rings is 1. The SMILES string of the molecule is C=CC(=O)Nc1cccc(Oc2nc(Nc3cnn(C)c3)nc3c2c(-c2cccnc2)cn3COCC[Si](C)(C)C)c1. The molecule has 0 saturated carbocycles. The van der Waals surface area contributed by atoms with Crippen LogP contribution in [0.4, 0.5) is 17.3 Å². The van der Waals surface area contributed by atoms with Gasteiger partial charge in [-0.25, -0.2) is 0 Å². The van der Waals surface area contributed by atoms with E-state index in [0.29, 0.717) is 47.6 Å². The Hall–Kier alpha value is -4.81. The third-order valence-electron chi connectivity index (χ3n) is 6.34. The first kappa shape index (κ1) is 28.7. The van der Waals surface area contributed by atoms with Gasteiger partial charge in [-0.15, -0.1) is 0 Å². The van der Waals surface area contributed by atoms with E-state index in [0.717, 1.165) is 22.9 Å². The fourth-order valence-electron chi connectivity index (χ4n) is 4.22. The summed E-state index contributed by atoms with van der Waals surface area (Å²) in [4.78, 5) is 25.9. The van der Waals surface area contributed by atoms with Crippen LogP contribution in [0.2, 0.25) is 25.7 Å². The summed E-state index contributed by atoms with van der Waals surface area (Å²) in [6, 6.07) is 12.0. The number of amides is 1. The van der Waals surface area contributed by atoms with Gasteiger partial charge in [-0.3, -0.25) is 14.5 Å². The quantitative estimate of drug-likeness (QED) is 0.101. The van der Waals surface area contributed by atoms with Crippen LogP contribution in [0.3, 0.4) is 0 Å². The molecule has 216 valence electrons. The van der Waals surface area contributed by atoms with Crippen molar-refractivity contribution in [3.63, 3.8) is 0 Å². The summed E-state index contributed by atoms with van der Waals surface area (Å²) in [5, 5.41) is 10.9. The van der Waals surface area contributed by atoms with Crippen molar-refractivity contribution >= 4 is 42.3 Å². The lowest BCUT2D eigenvalue weighted by atomic mass is 10.1. The van der Waals surface area contributed by atoms with E-state index in [1.807, 2.05) is 36.1 Å². The fourth-order valence-corrected chi connectivity index (χ4v) is 4.98. The smallest absolute Gasteiger partial charge is 0.247 e. The number of hydrogen-bond donors (Lipinski definition) is 2. The fraction of sp³-hybridized carbons (Fsp3) is 0.233. The Morgan fingerprint density at radius 3 is 2.67 bits per heavy atom. The van der Waals surface area contributed by atoms with Gasteiger partial charge in [-0.05, 0) is 30.3 Å². The third-order valence-corrected chi connectivity index (χ3v) is 8.05. The second-order valence-corrected chi connectivity index (χ2v) is 16.6. The molecule has 42 heavy (non-hydrogen) atoms. The Balaban J connectivity index is 1.61. The van der Waals surface area contributed by atoms with Crippen LogP contribution < -0.4 is 15.4 Å². The maximum atomic E-state index is 11.9. The molecule has 0 radical (unpaired) electrons. The second-order valence-electron chi connectivity index (χ2n) is 11.0. The van der Waals surface area contributed by atoms with Gasteiger partial charge in [0.05, 0.1) is 17.3 Å². The zero-order valence-electron chi connectivity index (χ0n) is 24.2. The highest BCUT2D eigenvalue weighted by Gasteiger charge is 2.21. The number of aryl methyl sites for hydroxylation is 1. The van der Waals surface area contributed by atoms with Gasteiger partial charge in [0.25, 0.3) is 0 Å². The highest BCUT2D eigenvalue weighted by molar-refractivity contribution is 6.76. The minimum atomic E-state index is -1.25. The molecular formula is C30H34N8O3Si. The molecule has 5 aromatic rings. The highest BCUT2D eigenvalue weighted by atomic mass is 28.3. The van der Waals surface area contributed by atoms with Crippen LogP contribution in [0.1, 0.15) is 0 Å². The standard InChI is InChI=1S/C30H34N8O3Si/c1-6-26(39)33-22-10-7-11-24(15-22)41-29-27-25(21-9-8-12-31-16-21)19-38(20-40-13-14-42(3,4)5)28(27)35-30(36-29)34-23-17-32-37(2)18-23/h6-12,15-19H,1,13-14,20H2,2-5H3,(H,33,39)(H,34,35,36). The first-order chi connectivity index (χ1) is 20.2. The molecule has 0 fully saturated rings. The number of carbonyl (C=O) groups excluding carboxylic acids is 1. The van der Waals surface area contributed by atoms with Gasteiger partial charge < -0.3 is 24.7 Å². The Morgan fingerprint density at radius 1 is 1.10 bits per heavy atom. The van der Waals surface area contributed by atoms with Gasteiger partial charge >= 0.3 is 0 Å². The van der Waals surface area contributed by atoms with E-state index in [2.05, 4.69) is 46.9 Å². The molecular weight excluding hydrogens is 548 g/mol. The number of anilines is 3. The number of nitrogens with one attached hydrogen (secondary N) is 2. The van der Waals surface area contributed by atoms with E-state index in [-0.39, 0.29) is 5.91 Å². The van der Waals surface area contributed by atoms with Crippen LogP contribution in [0.5, 0.6) is 11.6 Å². The highest BCUT2D eigenvalue weighted by Crippen LogP contribution is 2.38. The molecule has 0 unspecified atom stereocenters. The number of hydrogen-bond acceptors (Lipinski definition) is 8. The van der Waals surface area contributed by atoms with Gasteiger partial charge in [-0.2, -0.15) is 15.1 Å². The molecule has 0 spiro atoms. The van der Waals surface area contributed by atoms with Crippen LogP contribution in [-0.2, 0) is 23.3 Å². The Labute approximate surface area is 245 Å². The average Bonchev–Trinajstić information content (AvgIpc) is 3.54. The van der Waals surface area contributed by atoms with Crippen molar-refractivity contribution in [1.29, 1.82) is 0 Å². The predicted molar refractivity (Wildman–Crippen MR) is 167 cm³/mol. The number of fused-ring (bicyclic) bond motifs is 1. The lowest BCUT2D eigenvalue weighted by Crippen LogP contribution is -2.22. The van der Waals surface area contributed by atoms with Crippen LogP contribution in [-0.4, -0.2) is 49.9 Å². The molecule has 4 heterocycles. The number of ether oxygens (including phenoxy) is 2. The molecule has 0 aliphatic rings. The van der Waals surface area contributed by atoms with Crippen LogP contribution in [0.25, 0.3) is 22.2 Å². The number of aromatic nitrogens is 6. The molecule has 0 aliphatic carbocycles. The van der Waals surface area contributed by atoms with Crippen molar-refractivity contribution < 1.29 is 14.3 Å². The van der Waals surface area contributed by atoms with Crippen molar-refractivity contribution in [2.75, 3.05) is 17.2 Å². The van der Waals surface area contributed by atoms with Gasteiger partial charge in [0.15, 0.2) is 5.65 Å². The molecule has 0 bridgehead atoms. The van der Waals surface area contributed by atoms with Crippen LogP contribution in [0.15, 0.2) is 80.0 Å². The lowest BCUT2D eigenvalue weighted by molar-refractivity contribution is -0.111. The summed E-state index contributed by atoms with van der Waals surface area (Å²) < 4.78 is 16.2. The largest absolute Gasteiger partial charge is 0.438 e. The predicted octanol–water partition coefficient (Wildman–Crippen LogP) is 6.20. The molecule has 4 aromatic heterocycles. The monoisotopic (exact) mass is 582 g/mol. The summed E-state index contributed by atoms with van der Waals surface area (Å²) in [7, 11) is 0.584. The van der Waals surface area contributed by atoms with Gasteiger partial charge in [-0.1, -0.05) is 38.4 Å². The molecule has 0 atom stereocenters. The van der Waals surface area contributed by atoms with Crippen molar-refractivity contribution in [3.05, 3.63) is 80.0 Å². The first-order valence-corrected chi connectivity index (χ1v) is 17.3. The van der Waals surface area contributed by atoms with E-state index in [9.17, 15) is 4.79 Å². The molecule has 1 aromatic carbocycles. The first-order valence-electron chi connectivity index (χ1n) is 13.5. The van der Waals surface area contributed by atoms with Crippen molar-refractivity contribution in [2.24, 2.45) is 7.05 Å². The van der Waals surface area contributed by atoms with Crippen LogP contribution >= 0.6 is 0 Å². The normalized spacial score (nSPS) is 11.4. The summed E-state index contributed by atoms with van der Waals surface area (Å²) in [6.45, 7) is 11.5. The minimum Gasteiger partial charge on any atom is -0.438 e. The van der Waals surface area contributed by atoms with Crippen molar-refractivity contribution in [1.82, 2.24) is 29.3 Å². The molecule has 11 nitrogen and oxygen atoms in total. The van der Waals surface area contributed by atoms with Gasteiger partial charge in [0, 0.05) is 69.4 Å². The van der Waals surface area contributed by atoms with Crippen molar-refractivity contribution in [3.8, 4) is 22.8 Å². The number of benzene rings is 1. The third kappa shape index (κ3) is 7.08. The zero-order valence-corrected chi connectivity index (χ0v) is 25.2. The summed E-state index contributed by atoms with van der Waals surface area (Å²) in [5.41, 5.74) is 3.67. The van der Waals surface area contributed by atoms with E-state index in [4.69, 9.17) is 19.4 Å². The summed E-state index contributed by atoms with van der Waals surface area (Å²) in [6.07, 6.45) is 10.3. The summed E-state index contributed by atoms with van der Waals surface area (Å²) >= 11 is 0. The minimum absolute atomic E-state index is 0.313. The zero-order chi connectivity index (χ0) is 29.7. The van der Waals surface area contributed by atoms with Gasteiger partial charge in [0.2, 0.25) is 17.7 Å². The van der Waals surface area contributed by atoms with E-state index in [1.165, 1.54) is 6.08 Å². The number of nitrogens with zero attached hydrogens (tertiary/aromatic N) is 6. The maximum absolute atomic E-state index is 11.9. The maximum Gasteiger partial charge on any atom is 0.247 e. The summed E-state index contributed by atoms with van der Waals surface area (Å²) in [5.74, 6) is 0.837.